The van der Waals surface area contributed by atoms with Crippen molar-refractivity contribution in [1.82, 2.24) is 30.2 Å². The molecule has 0 unspecified atom stereocenters. The number of aliphatic hydroxyl groups is 1. The van der Waals surface area contributed by atoms with Crippen molar-refractivity contribution in [2.75, 3.05) is 33.4 Å². The number of H-pyrrole nitrogens is 1. The molecule has 1 fully saturated rings. The zero-order valence-corrected chi connectivity index (χ0v) is 14.5. The van der Waals surface area contributed by atoms with Crippen LogP contribution in [-0.4, -0.2) is 75.0 Å². The summed E-state index contributed by atoms with van der Waals surface area (Å²) in [5.74, 6) is 0. The fourth-order valence-corrected chi connectivity index (χ4v) is 3.21. The molecule has 3 heterocycles. The highest BCUT2D eigenvalue weighted by atomic mass is 16.5. The number of aliphatic hydroxyl groups excluding tert-OH is 1. The van der Waals surface area contributed by atoms with Crippen LogP contribution in [0.15, 0.2) is 18.5 Å². The van der Waals surface area contributed by atoms with Gasteiger partial charge in [0.05, 0.1) is 42.9 Å². The van der Waals surface area contributed by atoms with Crippen LogP contribution in [0.2, 0.25) is 0 Å². The average molecular weight is 334 g/mol. The predicted octanol–water partition coefficient (Wildman–Crippen LogP) is -0.0186. The Morgan fingerprint density at radius 3 is 3.04 bits per heavy atom. The molecule has 24 heavy (non-hydrogen) atoms. The van der Waals surface area contributed by atoms with Gasteiger partial charge >= 0.3 is 0 Å². The molecule has 1 saturated heterocycles. The van der Waals surface area contributed by atoms with Crippen molar-refractivity contribution < 1.29 is 9.84 Å². The lowest BCUT2D eigenvalue weighted by molar-refractivity contribution is -0.106. The van der Waals surface area contributed by atoms with Gasteiger partial charge in [-0.1, -0.05) is 0 Å². The molecule has 2 aromatic rings. The van der Waals surface area contributed by atoms with Crippen LogP contribution >= 0.6 is 0 Å². The molecule has 8 heteroatoms. The number of nitrogens with one attached hydrogen (secondary N) is 2. The molecule has 1 aliphatic rings. The molecule has 1 aliphatic heterocycles. The first-order chi connectivity index (χ1) is 11.6. The number of aryl methyl sites for hydroxylation is 1. The molecule has 8 nitrogen and oxygen atoms in total. The average Bonchev–Trinajstić information content (AvgIpc) is 3.20. The topological polar surface area (TPSA) is 91.2 Å². The second-order valence-electron chi connectivity index (χ2n) is 6.57. The van der Waals surface area contributed by atoms with Crippen LogP contribution in [0.4, 0.5) is 0 Å². The van der Waals surface area contributed by atoms with Gasteiger partial charge in [0.15, 0.2) is 0 Å². The van der Waals surface area contributed by atoms with Crippen molar-refractivity contribution in [2.24, 2.45) is 7.05 Å². The van der Waals surface area contributed by atoms with Crippen molar-refractivity contribution in [1.29, 1.82) is 0 Å². The summed E-state index contributed by atoms with van der Waals surface area (Å²) < 4.78 is 7.49. The van der Waals surface area contributed by atoms with Crippen molar-refractivity contribution in [3.05, 3.63) is 24.0 Å². The number of hydrogen-bond donors (Lipinski definition) is 3. The Labute approximate surface area is 141 Å². The zero-order valence-electron chi connectivity index (χ0n) is 14.5. The largest absolute Gasteiger partial charge is 0.394 e. The monoisotopic (exact) mass is 334 g/mol. The Balaban J connectivity index is 1.67. The maximum atomic E-state index is 9.94. The van der Waals surface area contributed by atoms with Crippen molar-refractivity contribution in [3.8, 4) is 11.4 Å². The Kier molecular flexibility index (Phi) is 5.00. The van der Waals surface area contributed by atoms with Crippen LogP contribution in [0.25, 0.3) is 11.4 Å². The molecule has 0 aromatic carbocycles. The lowest BCUT2D eigenvalue weighted by atomic mass is 9.96. The highest BCUT2D eigenvalue weighted by Gasteiger charge is 2.40. The summed E-state index contributed by atoms with van der Waals surface area (Å²) in [4.78, 5) is 2.21. The van der Waals surface area contributed by atoms with E-state index in [0.717, 1.165) is 17.0 Å². The molecule has 3 N–H and O–H groups in total. The van der Waals surface area contributed by atoms with Crippen molar-refractivity contribution >= 4 is 0 Å². The van der Waals surface area contributed by atoms with Crippen LogP contribution in [0.5, 0.6) is 0 Å². The first-order valence-corrected chi connectivity index (χ1v) is 8.20. The maximum Gasteiger partial charge on any atom is 0.0876 e. The summed E-state index contributed by atoms with van der Waals surface area (Å²) in [6.07, 6.45) is 3.59. The molecule has 0 radical (unpaired) electrons. The standard InChI is InChI=1S/C16H26N6O2/c1-12-8-24-11-16(10-23,21(12)2)9-17-6-13-7-18-20-15(13)14-4-5-19-22(14)3/h4-5,7,12,17,23H,6,8-11H2,1-3H3,(H,18,20)/t12-,16+/m1/s1. The number of aromatic amines is 1. The number of likely N-dealkylation sites (N-methyl/N-ethyl adjacent to an activating group) is 1. The number of morpholine rings is 1. The summed E-state index contributed by atoms with van der Waals surface area (Å²) in [5, 5.41) is 24.8. The van der Waals surface area contributed by atoms with E-state index in [0.29, 0.717) is 26.3 Å². The molecule has 2 atom stereocenters. The van der Waals surface area contributed by atoms with Gasteiger partial charge in [0.2, 0.25) is 0 Å². The fraction of sp³-hybridized carbons (Fsp3) is 0.625. The Hall–Kier alpha value is -1.74. The lowest BCUT2D eigenvalue weighted by Gasteiger charge is -2.47. The smallest absolute Gasteiger partial charge is 0.0876 e. The third-order valence-electron chi connectivity index (χ3n) is 5.00. The van der Waals surface area contributed by atoms with E-state index in [1.807, 2.05) is 31.0 Å². The van der Waals surface area contributed by atoms with Gasteiger partial charge in [-0.3, -0.25) is 14.7 Å². The van der Waals surface area contributed by atoms with E-state index in [-0.39, 0.29) is 12.6 Å². The molecule has 3 rings (SSSR count). The van der Waals surface area contributed by atoms with Crippen LogP contribution in [-0.2, 0) is 18.3 Å². The van der Waals surface area contributed by atoms with Crippen LogP contribution in [0.1, 0.15) is 12.5 Å². The third-order valence-corrected chi connectivity index (χ3v) is 5.00. The lowest BCUT2D eigenvalue weighted by Crippen LogP contribution is -2.65. The SMILES string of the molecule is C[C@@H]1COC[C@@](CO)(CNCc2cn[nH]c2-c2ccnn2C)N1C. The van der Waals surface area contributed by atoms with Crippen molar-refractivity contribution in [3.63, 3.8) is 0 Å². The quantitative estimate of drug-likeness (QED) is 0.688. The Morgan fingerprint density at radius 2 is 2.33 bits per heavy atom. The highest BCUT2D eigenvalue weighted by molar-refractivity contribution is 5.58. The van der Waals surface area contributed by atoms with Crippen LogP contribution in [0.3, 0.4) is 0 Å². The number of rotatable bonds is 6. The molecule has 0 amide bonds. The molecule has 0 saturated carbocycles. The summed E-state index contributed by atoms with van der Waals surface area (Å²) >= 11 is 0. The molecule has 0 spiro atoms. The van der Waals surface area contributed by atoms with E-state index in [2.05, 4.69) is 32.4 Å². The van der Waals surface area contributed by atoms with E-state index in [4.69, 9.17) is 4.74 Å². The van der Waals surface area contributed by atoms with Crippen LogP contribution < -0.4 is 5.32 Å². The van der Waals surface area contributed by atoms with Gasteiger partial charge in [0.1, 0.15) is 0 Å². The van der Waals surface area contributed by atoms with Gasteiger partial charge < -0.3 is 15.2 Å². The molecule has 132 valence electrons. The number of ether oxygens (including phenoxy) is 1. The van der Waals surface area contributed by atoms with Gasteiger partial charge in [-0.15, -0.1) is 0 Å². The highest BCUT2D eigenvalue weighted by Crippen LogP contribution is 2.23. The molecular formula is C16H26N6O2. The molecule has 0 aliphatic carbocycles. The van der Waals surface area contributed by atoms with Gasteiger partial charge in [-0.05, 0) is 20.0 Å². The fourth-order valence-electron chi connectivity index (χ4n) is 3.21. The summed E-state index contributed by atoms with van der Waals surface area (Å²) in [7, 11) is 3.95. The van der Waals surface area contributed by atoms with E-state index < -0.39 is 5.54 Å². The number of hydrogen-bond acceptors (Lipinski definition) is 6. The van der Waals surface area contributed by atoms with Gasteiger partial charge in [-0.25, -0.2) is 0 Å². The molecule has 2 aromatic heterocycles. The molecule has 0 bridgehead atoms. The van der Waals surface area contributed by atoms with Crippen molar-refractivity contribution in [2.45, 2.75) is 25.0 Å². The summed E-state index contributed by atoms with van der Waals surface area (Å²) in [6, 6.07) is 2.24. The maximum absolute atomic E-state index is 9.94. The predicted molar refractivity (Wildman–Crippen MR) is 90.4 cm³/mol. The van der Waals surface area contributed by atoms with Gasteiger partial charge in [-0.2, -0.15) is 10.2 Å². The number of nitrogens with zero attached hydrogens (tertiary/aromatic N) is 4. The van der Waals surface area contributed by atoms with Gasteiger partial charge in [0.25, 0.3) is 0 Å². The second kappa shape index (κ2) is 7.02. The van der Waals surface area contributed by atoms with E-state index in [9.17, 15) is 5.11 Å². The van der Waals surface area contributed by atoms with E-state index in [1.54, 1.807) is 6.20 Å². The molecular weight excluding hydrogens is 308 g/mol. The van der Waals surface area contributed by atoms with E-state index >= 15 is 0 Å². The Morgan fingerprint density at radius 1 is 1.50 bits per heavy atom. The first-order valence-electron chi connectivity index (χ1n) is 8.20. The minimum Gasteiger partial charge on any atom is -0.394 e. The minimum atomic E-state index is -0.395. The van der Waals surface area contributed by atoms with Gasteiger partial charge in [0, 0.05) is 37.9 Å². The Bertz CT molecular complexity index is 669. The normalized spacial score (nSPS) is 25.2. The third kappa shape index (κ3) is 3.10. The first kappa shape index (κ1) is 17.1. The zero-order chi connectivity index (χ0) is 17.2. The van der Waals surface area contributed by atoms with E-state index in [1.165, 1.54) is 0 Å². The minimum absolute atomic E-state index is 0.0564. The summed E-state index contributed by atoms with van der Waals surface area (Å²) in [6.45, 7) is 4.68. The van der Waals surface area contributed by atoms with Crippen LogP contribution in [0, 0.1) is 0 Å². The summed E-state index contributed by atoms with van der Waals surface area (Å²) in [5.41, 5.74) is 2.63. The second-order valence-corrected chi connectivity index (χ2v) is 6.57. The number of aromatic nitrogens is 4.